The van der Waals surface area contributed by atoms with Crippen molar-refractivity contribution >= 4 is 34.2 Å². The summed E-state index contributed by atoms with van der Waals surface area (Å²) in [6, 6.07) is 0. The molecule has 0 aliphatic heterocycles. The number of hydrogen-bond donors (Lipinski definition) is 0. The van der Waals surface area contributed by atoms with Crippen molar-refractivity contribution in [2.75, 3.05) is 19.1 Å². The van der Waals surface area contributed by atoms with E-state index in [1.54, 1.807) is 17.7 Å². The Morgan fingerprint density at radius 3 is 3.00 bits per heavy atom. The van der Waals surface area contributed by atoms with E-state index in [1.807, 2.05) is 22.6 Å². The summed E-state index contributed by atoms with van der Waals surface area (Å²) in [5.41, 5.74) is -0.0161. The molecule has 0 atom stereocenters. The smallest absolute Gasteiger partial charge is 0.267 e. The molecule has 0 aliphatic carbocycles. The second-order valence-corrected chi connectivity index (χ2v) is 4.45. The highest BCUT2D eigenvalue weighted by molar-refractivity contribution is 14.1. The first-order chi connectivity index (χ1) is 7.16. The van der Waals surface area contributed by atoms with E-state index < -0.39 is 0 Å². The second-order valence-electron chi connectivity index (χ2n) is 2.91. The van der Waals surface area contributed by atoms with E-state index in [9.17, 15) is 4.79 Å². The molecule has 1 heterocycles. The summed E-state index contributed by atoms with van der Waals surface area (Å²) in [6.45, 7) is 3.31. The molecule has 0 saturated carbocycles. The van der Waals surface area contributed by atoms with Crippen molar-refractivity contribution in [3.8, 4) is 0 Å². The van der Waals surface area contributed by atoms with Gasteiger partial charge in [-0.15, -0.1) is 11.6 Å². The summed E-state index contributed by atoms with van der Waals surface area (Å²) in [6.07, 6.45) is 1.58. The molecule has 0 fully saturated rings. The van der Waals surface area contributed by atoms with E-state index in [0.717, 1.165) is 0 Å². The Bertz CT molecular complexity index is 381. The van der Waals surface area contributed by atoms with Crippen LogP contribution in [0.3, 0.4) is 0 Å². The average molecular weight is 343 g/mol. The lowest BCUT2D eigenvalue weighted by Crippen LogP contribution is -2.27. The fourth-order valence-corrected chi connectivity index (χ4v) is 1.67. The Labute approximate surface area is 107 Å². The number of aromatic nitrogens is 2. The van der Waals surface area contributed by atoms with Crippen molar-refractivity contribution in [2.24, 2.45) is 0 Å². The van der Waals surface area contributed by atoms with Gasteiger partial charge in [-0.05, 0) is 29.5 Å². The van der Waals surface area contributed by atoms with Crippen LogP contribution >= 0.6 is 34.2 Å². The minimum Gasteiger partial charge on any atom is -0.378 e. The van der Waals surface area contributed by atoms with Crippen molar-refractivity contribution in [3.05, 3.63) is 25.9 Å². The molecule has 4 nitrogen and oxygen atoms in total. The fraction of sp³-hybridized carbons (Fsp3) is 0.556. The van der Waals surface area contributed by atoms with Crippen molar-refractivity contribution in [1.82, 2.24) is 9.55 Å². The highest BCUT2D eigenvalue weighted by atomic mass is 127. The average Bonchev–Trinajstić information content (AvgIpc) is 2.23. The molecule has 0 saturated heterocycles. The maximum Gasteiger partial charge on any atom is 0.267 e. The van der Waals surface area contributed by atoms with Gasteiger partial charge in [-0.2, -0.15) is 0 Å². The molecular formula is C9H12ClIN2O2. The van der Waals surface area contributed by atoms with Gasteiger partial charge in [0.15, 0.2) is 0 Å². The summed E-state index contributed by atoms with van der Waals surface area (Å²) in [5.74, 6) is 1.17. The molecule has 0 aliphatic rings. The Hall–Kier alpha value is -0.140. The lowest BCUT2D eigenvalue weighted by atomic mass is 10.5. The summed E-state index contributed by atoms with van der Waals surface area (Å²) < 4.78 is 7.44. The zero-order valence-corrected chi connectivity index (χ0v) is 11.3. The molecule has 1 aromatic rings. The molecule has 0 unspecified atom stereocenters. The number of aryl methyl sites for hydroxylation is 1. The van der Waals surface area contributed by atoms with Gasteiger partial charge in [0.25, 0.3) is 5.56 Å². The predicted octanol–water partition coefficient (Wildman–Crippen LogP) is 1.41. The van der Waals surface area contributed by atoms with Crippen LogP contribution in [0.5, 0.6) is 0 Å². The van der Waals surface area contributed by atoms with Crippen molar-refractivity contribution in [1.29, 1.82) is 0 Å². The summed E-state index contributed by atoms with van der Waals surface area (Å²) in [7, 11) is 0. The van der Waals surface area contributed by atoms with E-state index in [1.165, 1.54) is 0 Å². The van der Waals surface area contributed by atoms with E-state index in [-0.39, 0.29) is 5.56 Å². The normalized spacial score (nSPS) is 10.6. The van der Waals surface area contributed by atoms with Crippen LogP contribution in [0.15, 0.2) is 11.0 Å². The first kappa shape index (κ1) is 12.9. The Morgan fingerprint density at radius 1 is 1.60 bits per heavy atom. The Morgan fingerprint density at radius 2 is 2.33 bits per heavy atom. The van der Waals surface area contributed by atoms with Crippen LogP contribution in [0.25, 0.3) is 0 Å². The molecule has 0 N–H and O–H groups in total. The SMILES string of the molecule is Cc1ncc(I)c(=O)n1CCOCCCl. The van der Waals surface area contributed by atoms with E-state index in [4.69, 9.17) is 16.3 Å². The molecule has 0 bridgehead atoms. The van der Waals surface area contributed by atoms with E-state index in [0.29, 0.717) is 35.0 Å². The van der Waals surface area contributed by atoms with Gasteiger partial charge in [0, 0.05) is 12.1 Å². The summed E-state index contributed by atoms with van der Waals surface area (Å²) in [4.78, 5) is 15.8. The topological polar surface area (TPSA) is 44.1 Å². The Balaban J connectivity index is 2.68. The highest BCUT2D eigenvalue weighted by Gasteiger charge is 2.04. The van der Waals surface area contributed by atoms with Gasteiger partial charge in [-0.1, -0.05) is 0 Å². The first-order valence-electron chi connectivity index (χ1n) is 4.52. The number of halogens is 2. The summed E-state index contributed by atoms with van der Waals surface area (Å²) >= 11 is 7.44. The number of hydrogen-bond acceptors (Lipinski definition) is 3. The minimum atomic E-state index is -0.0161. The van der Waals surface area contributed by atoms with Crippen molar-refractivity contribution in [2.45, 2.75) is 13.5 Å². The van der Waals surface area contributed by atoms with Crippen LogP contribution in [-0.4, -0.2) is 28.6 Å². The molecule has 0 radical (unpaired) electrons. The monoisotopic (exact) mass is 342 g/mol. The van der Waals surface area contributed by atoms with Crippen LogP contribution in [0.1, 0.15) is 5.82 Å². The van der Waals surface area contributed by atoms with Gasteiger partial charge < -0.3 is 4.74 Å². The lowest BCUT2D eigenvalue weighted by molar-refractivity contribution is 0.139. The fourth-order valence-electron chi connectivity index (χ4n) is 1.13. The number of alkyl halides is 1. The quantitative estimate of drug-likeness (QED) is 0.462. The van der Waals surface area contributed by atoms with Crippen LogP contribution in [0, 0.1) is 10.5 Å². The van der Waals surface area contributed by atoms with E-state index >= 15 is 0 Å². The second kappa shape index (κ2) is 6.44. The third-order valence-electron chi connectivity index (χ3n) is 1.89. The van der Waals surface area contributed by atoms with Crippen LogP contribution < -0.4 is 5.56 Å². The standard InChI is InChI=1S/C9H12ClIN2O2/c1-7-12-6-8(11)9(14)13(7)3-5-15-4-2-10/h6H,2-5H2,1H3. The zero-order valence-electron chi connectivity index (χ0n) is 8.37. The molecule has 15 heavy (non-hydrogen) atoms. The van der Waals surface area contributed by atoms with Crippen LogP contribution in [-0.2, 0) is 11.3 Å². The van der Waals surface area contributed by atoms with Gasteiger partial charge >= 0.3 is 0 Å². The Kier molecular flexibility index (Phi) is 5.55. The molecular weight excluding hydrogens is 330 g/mol. The van der Waals surface area contributed by atoms with Gasteiger partial charge in [-0.3, -0.25) is 9.36 Å². The molecule has 0 spiro atoms. The maximum absolute atomic E-state index is 11.7. The molecule has 6 heteroatoms. The molecule has 0 amide bonds. The largest absolute Gasteiger partial charge is 0.378 e. The summed E-state index contributed by atoms with van der Waals surface area (Å²) in [5, 5.41) is 0. The number of ether oxygens (including phenoxy) is 1. The third kappa shape index (κ3) is 3.73. The highest BCUT2D eigenvalue weighted by Crippen LogP contribution is 1.97. The zero-order chi connectivity index (χ0) is 11.3. The lowest BCUT2D eigenvalue weighted by Gasteiger charge is -2.09. The minimum absolute atomic E-state index is 0.0161. The van der Waals surface area contributed by atoms with Gasteiger partial charge in [-0.25, -0.2) is 4.98 Å². The van der Waals surface area contributed by atoms with Gasteiger partial charge in [0.2, 0.25) is 0 Å². The van der Waals surface area contributed by atoms with Gasteiger partial charge in [0.1, 0.15) is 5.82 Å². The van der Waals surface area contributed by atoms with Crippen molar-refractivity contribution < 1.29 is 4.74 Å². The molecule has 1 aromatic heterocycles. The first-order valence-corrected chi connectivity index (χ1v) is 6.13. The van der Waals surface area contributed by atoms with Crippen LogP contribution in [0.4, 0.5) is 0 Å². The van der Waals surface area contributed by atoms with E-state index in [2.05, 4.69) is 4.98 Å². The van der Waals surface area contributed by atoms with Crippen molar-refractivity contribution in [3.63, 3.8) is 0 Å². The maximum atomic E-state index is 11.7. The van der Waals surface area contributed by atoms with Crippen LogP contribution in [0.2, 0.25) is 0 Å². The molecule has 0 aromatic carbocycles. The third-order valence-corrected chi connectivity index (χ3v) is 2.78. The molecule has 1 rings (SSSR count). The van der Waals surface area contributed by atoms with Gasteiger partial charge in [0.05, 0.1) is 23.3 Å². The predicted molar refractivity (Wildman–Crippen MR) is 67.5 cm³/mol. The molecule has 84 valence electrons. The number of nitrogens with zero attached hydrogens (tertiary/aromatic N) is 2. The number of rotatable bonds is 5.